The van der Waals surface area contributed by atoms with Crippen LogP contribution in [0, 0.1) is 11.7 Å². The minimum Gasteiger partial charge on any atom is -0.389 e. The zero-order valence-corrected chi connectivity index (χ0v) is 11.3. The number of thiocarbonyl (C=S) groups is 1. The van der Waals surface area contributed by atoms with E-state index in [9.17, 15) is 12.8 Å². The second kappa shape index (κ2) is 4.56. The molecular formula is C11H13FN2O2S2. The molecular weight excluding hydrogens is 275 g/mol. The van der Waals surface area contributed by atoms with Crippen molar-refractivity contribution < 1.29 is 12.8 Å². The molecule has 7 heteroatoms. The number of rotatable bonds is 4. The number of hydrogen-bond acceptors (Lipinski definition) is 3. The molecule has 0 spiro atoms. The van der Waals surface area contributed by atoms with Crippen LogP contribution in [0.5, 0.6) is 0 Å². The molecule has 1 aromatic carbocycles. The Morgan fingerprint density at radius 2 is 2.17 bits per heavy atom. The summed E-state index contributed by atoms with van der Waals surface area (Å²) in [6, 6.07) is 3.67. The number of hydrogen-bond donors (Lipinski definition) is 2. The molecule has 0 heterocycles. The average Bonchev–Trinajstić information content (AvgIpc) is 2.92. The lowest BCUT2D eigenvalue weighted by Gasteiger charge is -2.11. The fraction of sp³-hybridized carbons (Fsp3) is 0.364. The number of benzene rings is 1. The van der Waals surface area contributed by atoms with E-state index in [-0.39, 0.29) is 21.5 Å². The van der Waals surface area contributed by atoms with Gasteiger partial charge in [0.1, 0.15) is 10.8 Å². The summed E-state index contributed by atoms with van der Waals surface area (Å²) < 4.78 is 40.3. The molecule has 0 aromatic heterocycles. The summed E-state index contributed by atoms with van der Waals surface area (Å²) in [5.41, 5.74) is 5.16. The summed E-state index contributed by atoms with van der Waals surface area (Å²) in [7, 11) is -3.79. The highest BCUT2D eigenvalue weighted by atomic mass is 32.2. The third kappa shape index (κ3) is 2.52. The number of nitrogens with two attached hydrogens (primary N) is 1. The smallest absolute Gasteiger partial charge is 0.241 e. The zero-order valence-electron chi connectivity index (χ0n) is 9.68. The monoisotopic (exact) mass is 288 g/mol. The summed E-state index contributed by atoms with van der Waals surface area (Å²) in [6.45, 7) is 1.94. The first-order chi connectivity index (χ1) is 8.33. The molecule has 3 N–H and O–H groups in total. The second-order valence-electron chi connectivity index (χ2n) is 4.42. The second-order valence-corrected chi connectivity index (χ2v) is 6.54. The number of nitrogens with one attached hydrogen (secondary N) is 1. The van der Waals surface area contributed by atoms with Gasteiger partial charge in [0.05, 0.1) is 10.5 Å². The van der Waals surface area contributed by atoms with E-state index in [2.05, 4.69) is 4.72 Å². The highest BCUT2D eigenvalue weighted by Crippen LogP contribution is 2.31. The lowest BCUT2D eigenvalue weighted by atomic mass is 10.2. The first-order valence-electron chi connectivity index (χ1n) is 5.43. The maximum Gasteiger partial charge on any atom is 0.241 e. The molecule has 1 fully saturated rings. The summed E-state index contributed by atoms with van der Waals surface area (Å²) in [5.74, 6) is -0.421. The molecule has 2 unspecified atom stereocenters. The molecule has 1 saturated carbocycles. The molecule has 0 amide bonds. The maximum atomic E-state index is 13.6. The molecule has 0 aliphatic heterocycles. The molecule has 0 saturated heterocycles. The van der Waals surface area contributed by atoms with Crippen molar-refractivity contribution in [3.63, 3.8) is 0 Å². The van der Waals surface area contributed by atoms with Gasteiger partial charge in [0.15, 0.2) is 0 Å². The van der Waals surface area contributed by atoms with E-state index < -0.39 is 15.8 Å². The lowest BCUT2D eigenvalue weighted by molar-refractivity contribution is 0.574. The fourth-order valence-electron chi connectivity index (χ4n) is 1.72. The van der Waals surface area contributed by atoms with Crippen LogP contribution in [-0.4, -0.2) is 19.4 Å². The quantitative estimate of drug-likeness (QED) is 0.815. The van der Waals surface area contributed by atoms with Crippen LogP contribution in [0.15, 0.2) is 23.1 Å². The third-order valence-electron chi connectivity index (χ3n) is 2.93. The van der Waals surface area contributed by atoms with Crippen molar-refractivity contribution in [1.29, 1.82) is 0 Å². The Morgan fingerprint density at radius 1 is 1.56 bits per heavy atom. The lowest BCUT2D eigenvalue weighted by Crippen LogP contribution is -2.29. The van der Waals surface area contributed by atoms with Crippen LogP contribution in [0.1, 0.15) is 18.9 Å². The maximum absolute atomic E-state index is 13.6. The fourth-order valence-corrected chi connectivity index (χ4v) is 3.58. The van der Waals surface area contributed by atoms with Crippen LogP contribution in [-0.2, 0) is 10.0 Å². The predicted molar refractivity (Wildman–Crippen MR) is 70.2 cm³/mol. The van der Waals surface area contributed by atoms with Gasteiger partial charge in [0, 0.05) is 6.04 Å². The van der Waals surface area contributed by atoms with Crippen molar-refractivity contribution in [3.8, 4) is 0 Å². The highest BCUT2D eigenvalue weighted by molar-refractivity contribution is 7.89. The molecule has 1 aliphatic carbocycles. The topological polar surface area (TPSA) is 72.2 Å². The van der Waals surface area contributed by atoms with Crippen molar-refractivity contribution in [3.05, 3.63) is 29.6 Å². The van der Waals surface area contributed by atoms with E-state index in [0.29, 0.717) is 5.92 Å². The Morgan fingerprint density at radius 3 is 2.67 bits per heavy atom. The van der Waals surface area contributed by atoms with E-state index >= 15 is 0 Å². The molecule has 1 aliphatic rings. The molecule has 0 radical (unpaired) electrons. The zero-order chi connectivity index (χ0) is 13.5. The Labute approximate surface area is 110 Å². The average molecular weight is 288 g/mol. The highest BCUT2D eigenvalue weighted by Gasteiger charge is 2.37. The van der Waals surface area contributed by atoms with Crippen molar-refractivity contribution >= 4 is 27.2 Å². The van der Waals surface area contributed by atoms with Crippen molar-refractivity contribution in [2.24, 2.45) is 11.7 Å². The number of halogens is 1. The van der Waals surface area contributed by atoms with Gasteiger partial charge in [-0.25, -0.2) is 17.5 Å². The molecule has 98 valence electrons. The Bertz CT molecular complexity index is 601. The van der Waals surface area contributed by atoms with Gasteiger partial charge in [-0.2, -0.15) is 0 Å². The number of sulfonamides is 1. The first-order valence-corrected chi connectivity index (χ1v) is 7.32. The van der Waals surface area contributed by atoms with Gasteiger partial charge >= 0.3 is 0 Å². The van der Waals surface area contributed by atoms with E-state index in [0.717, 1.165) is 12.5 Å². The van der Waals surface area contributed by atoms with Crippen LogP contribution in [0.25, 0.3) is 0 Å². The van der Waals surface area contributed by atoms with E-state index in [4.69, 9.17) is 18.0 Å². The minimum absolute atomic E-state index is 0.0857. The molecule has 18 heavy (non-hydrogen) atoms. The summed E-state index contributed by atoms with van der Waals surface area (Å²) in [6.07, 6.45) is 0.789. The van der Waals surface area contributed by atoms with E-state index in [1.165, 1.54) is 12.1 Å². The van der Waals surface area contributed by atoms with Gasteiger partial charge in [0.2, 0.25) is 10.0 Å². The van der Waals surface area contributed by atoms with E-state index in [1.54, 1.807) is 0 Å². The van der Waals surface area contributed by atoms with Crippen LogP contribution < -0.4 is 10.5 Å². The van der Waals surface area contributed by atoms with Crippen molar-refractivity contribution in [2.45, 2.75) is 24.3 Å². The van der Waals surface area contributed by atoms with Crippen molar-refractivity contribution in [2.75, 3.05) is 0 Å². The predicted octanol–water partition coefficient (Wildman–Crippen LogP) is 1.15. The Balaban J connectivity index is 2.44. The largest absolute Gasteiger partial charge is 0.389 e. The standard InChI is InChI=1S/C11H13FN2O2S2/c1-6-5-8(6)14-18(15,16)9-4-2-3-7(12)10(9)11(13)17/h2-4,6,8,14H,5H2,1H3,(H2,13,17). The summed E-state index contributed by atoms with van der Waals surface area (Å²) >= 11 is 4.70. The van der Waals surface area contributed by atoms with Gasteiger partial charge < -0.3 is 5.73 Å². The van der Waals surface area contributed by atoms with Crippen molar-refractivity contribution in [1.82, 2.24) is 4.72 Å². The van der Waals surface area contributed by atoms with Gasteiger partial charge in [-0.3, -0.25) is 0 Å². The first kappa shape index (κ1) is 13.4. The SMILES string of the molecule is CC1CC1NS(=O)(=O)c1cccc(F)c1C(N)=S. The van der Waals surface area contributed by atoms with E-state index in [1.807, 2.05) is 6.92 Å². The molecule has 0 bridgehead atoms. The Kier molecular flexibility index (Phi) is 3.39. The van der Waals surface area contributed by atoms with Gasteiger partial charge in [-0.15, -0.1) is 0 Å². The molecule has 2 atom stereocenters. The Hall–Kier alpha value is -1.05. The van der Waals surface area contributed by atoms with Gasteiger partial charge in [-0.05, 0) is 24.5 Å². The normalized spacial score (nSPS) is 22.8. The molecule has 4 nitrogen and oxygen atoms in total. The van der Waals surface area contributed by atoms with Crippen LogP contribution in [0.2, 0.25) is 0 Å². The van der Waals surface area contributed by atoms with Crippen LogP contribution in [0.3, 0.4) is 0 Å². The minimum atomic E-state index is -3.79. The van der Waals surface area contributed by atoms with Crippen LogP contribution >= 0.6 is 12.2 Å². The molecule has 2 rings (SSSR count). The summed E-state index contributed by atoms with van der Waals surface area (Å²) in [4.78, 5) is -0.466. The molecule has 1 aromatic rings. The van der Waals surface area contributed by atoms with Crippen LogP contribution in [0.4, 0.5) is 4.39 Å². The summed E-state index contributed by atoms with van der Waals surface area (Å²) in [5, 5.41) is 0. The van der Waals surface area contributed by atoms with Gasteiger partial charge in [0.25, 0.3) is 0 Å². The third-order valence-corrected chi connectivity index (χ3v) is 4.66. The van der Waals surface area contributed by atoms with Gasteiger partial charge in [-0.1, -0.05) is 25.2 Å².